The van der Waals surface area contributed by atoms with Crippen LogP contribution < -0.4 is 4.74 Å². The minimum atomic E-state index is -0.611. The molecule has 1 aliphatic rings. The van der Waals surface area contributed by atoms with E-state index >= 15 is 0 Å². The van der Waals surface area contributed by atoms with E-state index in [2.05, 4.69) is 4.98 Å². The van der Waals surface area contributed by atoms with Gasteiger partial charge in [-0.05, 0) is 18.2 Å². The van der Waals surface area contributed by atoms with Crippen molar-refractivity contribution in [1.29, 1.82) is 0 Å². The molecule has 4 rings (SSSR count). The first-order chi connectivity index (χ1) is 14.4. The van der Waals surface area contributed by atoms with Gasteiger partial charge in [-0.1, -0.05) is 32.0 Å². The highest BCUT2D eigenvalue weighted by Gasteiger charge is 2.26. The molecule has 2 aromatic carbocycles. The molecular formula is C24H24F2N2O2. The number of carbonyl (C=O) groups excluding carboxylic acids is 1. The second-order valence-electron chi connectivity index (χ2n) is 7.98. The molecule has 0 spiro atoms. The number of hydrogen-bond acceptors (Lipinski definition) is 3. The summed E-state index contributed by atoms with van der Waals surface area (Å²) in [4.78, 5) is 18.2. The first-order valence-corrected chi connectivity index (χ1v) is 10.2. The number of carbonyl (C=O) groups is 1. The number of nitrogens with zero attached hydrogens (tertiary/aromatic N) is 2. The van der Waals surface area contributed by atoms with Crippen molar-refractivity contribution in [2.45, 2.75) is 32.8 Å². The van der Waals surface area contributed by atoms with E-state index in [9.17, 15) is 13.6 Å². The van der Waals surface area contributed by atoms with Crippen LogP contribution in [-0.2, 0) is 4.79 Å². The summed E-state index contributed by atoms with van der Waals surface area (Å²) in [6.45, 7) is 4.87. The monoisotopic (exact) mass is 410 g/mol. The Hall–Kier alpha value is -3.02. The Morgan fingerprint density at radius 3 is 2.57 bits per heavy atom. The zero-order valence-electron chi connectivity index (χ0n) is 17.1. The summed E-state index contributed by atoms with van der Waals surface area (Å²) < 4.78 is 35.3. The van der Waals surface area contributed by atoms with Gasteiger partial charge in [-0.3, -0.25) is 9.78 Å². The predicted octanol–water partition coefficient (Wildman–Crippen LogP) is 5.21. The van der Waals surface area contributed by atoms with E-state index in [0.717, 1.165) is 23.0 Å². The first-order valence-electron chi connectivity index (χ1n) is 10.2. The number of ether oxygens (including phenoxy) is 1. The fourth-order valence-electron chi connectivity index (χ4n) is 3.80. The van der Waals surface area contributed by atoms with Gasteiger partial charge in [-0.15, -0.1) is 0 Å². The van der Waals surface area contributed by atoms with Gasteiger partial charge >= 0.3 is 0 Å². The largest absolute Gasteiger partial charge is 0.487 e. The number of fused-ring (bicyclic) bond motifs is 1. The fraction of sp³-hybridized carbons (Fsp3) is 0.333. The lowest BCUT2D eigenvalue weighted by atomic mass is 10.0. The van der Waals surface area contributed by atoms with Crippen LogP contribution in [0.15, 0.2) is 48.7 Å². The Morgan fingerprint density at radius 2 is 1.83 bits per heavy atom. The standard InChI is InChI=1S/C24H24F2N2O2/c1-15(2)24(29)28-9-7-18(8-10-28)30-23-13-20(25)19(12-21(23)26)17-11-16-5-3-4-6-22(16)27-14-17/h3-6,11-15,18H,7-10H2,1-2H3. The molecule has 1 aliphatic heterocycles. The van der Waals surface area contributed by atoms with Gasteiger partial charge in [0.1, 0.15) is 11.9 Å². The summed E-state index contributed by atoms with van der Waals surface area (Å²) in [5, 5.41) is 0.859. The predicted molar refractivity (Wildman–Crippen MR) is 112 cm³/mol. The number of amides is 1. The number of halogens is 2. The minimum absolute atomic E-state index is 0.0499. The molecule has 6 heteroatoms. The number of pyridine rings is 1. The second kappa shape index (κ2) is 8.38. The molecule has 1 amide bonds. The number of piperidine rings is 1. The van der Waals surface area contributed by atoms with E-state index in [0.29, 0.717) is 31.5 Å². The molecule has 1 fully saturated rings. The lowest BCUT2D eigenvalue weighted by Gasteiger charge is -2.33. The Morgan fingerprint density at radius 1 is 1.10 bits per heavy atom. The maximum Gasteiger partial charge on any atom is 0.225 e. The number of likely N-dealkylation sites (tertiary alicyclic amines) is 1. The van der Waals surface area contributed by atoms with Crippen molar-refractivity contribution in [3.8, 4) is 16.9 Å². The van der Waals surface area contributed by atoms with E-state index in [1.807, 2.05) is 38.1 Å². The van der Waals surface area contributed by atoms with Crippen molar-refractivity contribution < 1.29 is 18.3 Å². The third kappa shape index (κ3) is 4.13. The van der Waals surface area contributed by atoms with Crippen LogP contribution in [0.5, 0.6) is 5.75 Å². The van der Waals surface area contributed by atoms with Crippen LogP contribution in [0, 0.1) is 17.6 Å². The fourth-order valence-corrected chi connectivity index (χ4v) is 3.80. The third-order valence-electron chi connectivity index (χ3n) is 5.46. The summed E-state index contributed by atoms with van der Waals surface area (Å²) in [6, 6.07) is 11.6. The second-order valence-corrected chi connectivity index (χ2v) is 7.98. The van der Waals surface area contributed by atoms with Crippen LogP contribution in [0.4, 0.5) is 8.78 Å². The van der Waals surface area contributed by atoms with Crippen molar-refractivity contribution in [2.24, 2.45) is 5.92 Å². The molecule has 2 heterocycles. The van der Waals surface area contributed by atoms with Crippen molar-refractivity contribution >= 4 is 16.8 Å². The third-order valence-corrected chi connectivity index (χ3v) is 5.46. The van der Waals surface area contributed by atoms with E-state index in [1.165, 1.54) is 0 Å². The summed E-state index contributed by atoms with van der Waals surface area (Å²) in [7, 11) is 0. The van der Waals surface area contributed by atoms with Crippen molar-refractivity contribution in [2.75, 3.05) is 13.1 Å². The topological polar surface area (TPSA) is 42.4 Å². The number of para-hydroxylation sites is 1. The summed E-state index contributed by atoms with van der Waals surface area (Å²) in [5.41, 5.74) is 1.46. The van der Waals surface area contributed by atoms with Gasteiger partial charge in [0.2, 0.25) is 5.91 Å². The van der Waals surface area contributed by atoms with Crippen LogP contribution in [0.25, 0.3) is 22.0 Å². The highest BCUT2D eigenvalue weighted by Crippen LogP contribution is 2.31. The molecule has 0 unspecified atom stereocenters. The normalized spacial score (nSPS) is 15.0. The van der Waals surface area contributed by atoms with Gasteiger partial charge in [0, 0.05) is 60.6 Å². The molecule has 0 saturated carbocycles. The SMILES string of the molecule is CC(C)C(=O)N1CCC(Oc2cc(F)c(-c3cnc4ccccc4c3)cc2F)CC1. The number of rotatable bonds is 4. The van der Waals surface area contributed by atoms with Crippen molar-refractivity contribution in [1.82, 2.24) is 9.88 Å². The number of aromatic nitrogens is 1. The van der Waals surface area contributed by atoms with Crippen LogP contribution >= 0.6 is 0 Å². The molecule has 30 heavy (non-hydrogen) atoms. The van der Waals surface area contributed by atoms with E-state index in [1.54, 1.807) is 17.2 Å². The van der Waals surface area contributed by atoms with Crippen LogP contribution in [0.1, 0.15) is 26.7 Å². The van der Waals surface area contributed by atoms with Gasteiger partial charge in [0.25, 0.3) is 0 Å². The Bertz CT molecular complexity index is 1080. The molecule has 0 bridgehead atoms. The van der Waals surface area contributed by atoms with Gasteiger partial charge in [-0.25, -0.2) is 8.78 Å². The highest BCUT2D eigenvalue weighted by atomic mass is 19.1. The summed E-state index contributed by atoms with van der Waals surface area (Å²) >= 11 is 0. The Balaban J connectivity index is 1.50. The van der Waals surface area contributed by atoms with Crippen LogP contribution in [0.2, 0.25) is 0 Å². The van der Waals surface area contributed by atoms with E-state index < -0.39 is 11.6 Å². The van der Waals surface area contributed by atoms with Gasteiger partial charge < -0.3 is 9.64 Å². The lowest BCUT2D eigenvalue weighted by Crippen LogP contribution is -2.43. The quantitative estimate of drug-likeness (QED) is 0.593. The smallest absolute Gasteiger partial charge is 0.225 e. The van der Waals surface area contributed by atoms with Gasteiger partial charge in [0.15, 0.2) is 11.6 Å². The van der Waals surface area contributed by atoms with Crippen molar-refractivity contribution in [3.63, 3.8) is 0 Å². The molecule has 0 atom stereocenters. The van der Waals surface area contributed by atoms with E-state index in [-0.39, 0.29) is 29.2 Å². The zero-order valence-corrected chi connectivity index (χ0v) is 17.1. The maximum absolute atomic E-state index is 14.8. The average molecular weight is 410 g/mol. The molecule has 1 saturated heterocycles. The lowest BCUT2D eigenvalue weighted by molar-refractivity contribution is -0.136. The molecule has 1 aromatic heterocycles. The molecular weight excluding hydrogens is 386 g/mol. The maximum atomic E-state index is 14.8. The molecule has 0 aliphatic carbocycles. The summed E-state index contributed by atoms with van der Waals surface area (Å²) in [6.07, 6.45) is 2.48. The Kier molecular flexibility index (Phi) is 5.66. The summed E-state index contributed by atoms with van der Waals surface area (Å²) in [5.74, 6) is -1.21. The van der Waals surface area contributed by atoms with Crippen LogP contribution in [-0.4, -0.2) is 35.0 Å². The molecule has 4 nitrogen and oxygen atoms in total. The van der Waals surface area contributed by atoms with E-state index in [4.69, 9.17) is 4.74 Å². The molecule has 0 N–H and O–H groups in total. The molecule has 0 radical (unpaired) electrons. The van der Waals surface area contributed by atoms with Gasteiger partial charge in [-0.2, -0.15) is 0 Å². The minimum Gasteiger partial charge on any atom is -0.487 e. The molecule has 156 valence electrons. The average Bonchev–Trinajstić information content (AvgIpc) is 2.75. The number of benzene rings is 2. The molecule has 3 aromatic rings. The van der Waals surface area contributed by atoms with Crippen molar-refractivity contribution in [3.05, 3.63) is 60.3 Å². The highest BCUT2D eigenvalue weighted by molar-refractivity contribution is 5.83. The first kappa shape index (κ1) is 20.3. The Labute approximate surface area is 174 Å². The zero-order chi connectivity index (χ0) is 21.3. The van der Waals surface area contributed by atoms with Gasteiger partial charge in [0.05, 0.1) is 5.52 Å². The number of hydrogen-bond donors (Lipinski definition) is 0. The van der Waals surface area contributed by atoms with Crippen LogP contribution in [0.3, 0.4) is 0 Å².